The van der Waals surface area contributed by atoms with Crippen LogP contribution in [0.2, 0.25) is 0 Å². The summed E-state index contributed by atoms with van der Waals surface area (Å²) in [6.45, 7) is 0.507. The first kappa shape index (κ1) is 24.9. The number of carbonyl (C=O) groups is 1. The molecule has 0 unspecified atom stereocenters. The molecule has 0 aliphatic heterocycles. The highest BCUT2D eigenvalue weighted by Gasteiger charge is 2.30. The fourth-order valence-electron chi connectivity index (χ4n) is 3.52. The maximum absolute atomic E-state index is 14.2. The lowest BCUT2D eigenvalue weighted by atomic mass is 10.1. The van der Waals surface area contributed by atoms with E-state index in [0.29, 0.717) is 36.1 Å². The first-order valence-corrected chi connectivity index (χ1v) is 11.0. The van der Waals surface area contributed by atoms with Gasteiger partial charge in [0.05, 0.1) is 24.1 Å². The summed E-state index contributed by atoms with van der Waals surface area (Å²) in [6, 6.07) is 10.8. The van der Waals surface area contributed by atoms with Gasteiger partial charge in [-0.25, -0.2) is 24.1 Å². The zero-order chi connectivity index (χ0) is 25.7. The molecular formula is C24H22F4N6O2. The maximum atomic E-state index is 14.2. The molecule has 0 fully saturated rings. The number of imidazole rings is 1. The summed E-state index contributed by atoms with van der Waals surface area (Å²) >= 11 is 0. The van der Waals surface area contributed by atoms with E-state index in [2.05, 4.69) is 20.3 Å². The van der Waals surface area contributed by atoms with Crippen molar-refractivity contribution in [3.05, 3.63) is 71.8 Å². The number of fused-ring (bicyclic) bond motifs is 1. The summed E-state index contributed by atoms with van der Waals surface area (Å²) in [5, 5.41) is 2.43. The number of alkyl carbamates (subject to hydrolysis) is 1. The molecule has 2 aromatic carbocycles. The van der Waals surface area contributed by atoms with Gasteiger partial charge >= 0.3 is 12.3 Å². The summed E-state index contributed by atoms with van der Waals surface area (Å²) in [6.07, 6.45) is -2.50. The number of rotatable bonds is 8. The second-order valence-corrected chi connectivity index (χ2v) is 7.92. The van der Waals surface area contributed by atoms with Crippen LogP contribution in [0.3, 0.4) is 0 Å². The molecule has 0 bridgehead atoms. The molecule has 0 radical (unpaired) electrons. The molecule has 0 atom stereocenters. The Morgan fingerprint density at radius 3 is 2.67 bits per heavy atom. The molecule has 0 saturated carbocycles. The fraction of sp³-hybridized carbons (Fsp3) is 0.250. The highest BCUT2D eigenvalue weighted by Crippen LogP contribution is 2.29. The number of hydrogen-bond acceptors (Lipinski definition) is 6. The monoisotopic (exact) mass is 502 g/mol. The summed E-state index contributed by atoms with van der Waals surface area (Å²) in [5.74, 6) is -0.177. The topological polar surface area (TPSA) is 108 Å². The minimum absolute atomic E-state index is 0.0880. The number of unbranched alkanes of at least 4 members (excludes halogenated alkanes) is 1. The van der Waals surface area contributed by atoms with Crippen LogP contribution in [0, 0.1) is 5.82 Å². The number of halogens is 4. The van der Waals surface area contributed by atoms with E-state index in [9.17, 15) is 22.4 Å². The SMILES string of the molecule is Nc1nc(-c2ccccc2F)nc2c1ncn2CCCCOC(=O)NCc1cccc(C(F)(F)F)c1. The summed E-state index contributed by atoms with van der Waals surface area (Å²) in [7, 11) is 0. The molecule has 0 saturated heterocycles. The Hall–Kier alpha value is -4.22. The molecule has 4 rings (SSSR count). The third kappa shape index (κ3) is 5.88. The van der Waals surface area contributed by atoms with Crippen molar-refractivity contribution in [1.82, 2.24) is 24.8 Å². The molecule has 8 nitrogen and oxygen atoms in total. The van der Waals surface area contributed by atoms with E-state index in [1.807, 2.05) is 0 Å². The highest BCUT2D eigenvalue weighted by atomic mass is 19.4. The first-order chi connectivity index (χ1) is 17.2. The molecule has 0 aliphatic carbocycles. The number of nitrogen functional groups attached to an aromatic ring is 1. The van der Waals surface area contributed by atoms with Crippen LogP contribution in [0.1, 0.15) is 24.0 Å². The van der Waals surface area contributed by atoms with Crippen LogP contribution in [-0.4, -0.2) is 32.2 Å². The maximum Gasteiger partial charge on any atom is 0.416 e. The molecule has 36 heavy (non-hydrogen) atoms. The van der Waals surface area contributed by atoms with E-state index in [1.165, 1.54) is 18.2 Å². The van der Waals surface area contributed by atoms with Crippen LogP contribution in [0.4, 0.5) is 28.2 Å². The van der Waals surface area contributed by atoms with Gasteiger partial charge in [-0.15, -0.1) is 0 Å². The van der Waals surface area contributed by atoms with Gasteiger partial charge in [0, 0.05) is 13.1 Å². The average Bonchev–Trinajstić information content (AvgIpc) is 3.26. The van der Waals surface area contributed by atoms with Crippen LogP contribution in [0.5, 0.6) is 0 Å². The van der Waals surface area contributed by atoms with Gasteiger partial charge in [-0.3, -0.25) is 0 Å². The van der Waals surface area contributed by atoms with Gasteiger partial charge in [-0.05, 0) is 42.7 Å². The lowest BCUT2D eigenvalue weighted by molar-refractivity contribution is -0.137. The van der Waals surface area contributed by atoms with Gasteiger partial charge in [-0.1, -0.05) is 24.3 Å². The number of alkyl halides is 3. The van der Waals surface area contributed by atoms with Crippen LogP contribution in [-0.2, 0) is 24.0 Å². The smallest absolute Gasteiger partial charge is 0.416 e. The molecule has 188 valence electrons. The number of aromatic nitrogens is 4. The highest BCUT2D eigenvalue weighted by molar-refractivity contribution is 5.83. The van der Waals surface area contributed by atoms with Gasteiger partial charge < -0.3 is 20.4 Å². The number of ether oxygens (including phenoxy) is 1. The zero-order valence-corrected chi connectivity index (χ0v) is 18.9. The third-order valence-electron chi connectivity index (χ3n) is 5.32. The van der Waals surface area contributed by atoms with Gasteiger partial charge in [0.25, 0.3) is 0 Å². The van der Waals surface area contributed by atoms with Gasteiger partial charge in [-0.2, -0.15) is 13.2 Å². The minimum atomic E-state index is -4.45. The second kappa shape index (κ2) is 10.6. The summed E-state index contributed by atoms with van der Waals surface area (Å²) in [5.41, 5.74) is 6.61. The van der Waals surface area contributed by atoms with Crippen molar-refractivity contribution in [2.45, 2.75) is 32.1 Å². The average molecular weight is 502 g/mol. The number of carbonyl (C=O) groups excluding carboxylic acids is 1. The molecular weight excluding hydrogens is 480 g/mol. The van der Waals surface area contributed by atoms with Crippen LogP contribution >= 0.6 is 0 Å². The van der Waals surface area contributed by atoms with Gasteiger partial charge in [0.1, 0.15) is 11.3 Å². The quantitative estimate of drug-likeness (QED) is 0.261. The fourth-order valence-corrected chi connectivity index (χ4v) is 3.52. The van der Waals surface area contributed by atoms with Gasteiger partial charge in [0.15, 0.2) is 17.3 Å². The third-order valence-corrected chi connectivity index (χ3v) is 5.32. The second-order valence-electron chi connectivity index (χ2n) is 7.92. The Labute approximate surface area is 203 Å². The Bertz CT molecular complexity index is 1370. The van der Waals surface area contributed by atoms with Crippen LogP contribution in [0.25, 0.3) is 22.6 Å². The van der Waals surface area contributed by atoms with Crippen molar-refractivity contribution in [2.75, 3.05) is 12.3 Å². The molecule has 3 N–H and O–H groups in total. The Morgan fingerprint density at radius 1 is 1.08 bits per heavy atom. The number of nitrogens with one attached hydrogen (secondary N) is 1. The van der Waals surface area contributed by atoms with Crippen molar-refractivity contribution < 1.29 is 27.1 Å². The Morgan fingerprint density at radius 2 is 1.89 bits per heavy atom. The molecule has 4 aromatic rings. The van der Waals surface area contributed by atoms with Crippen molar-refractivity contribution in [3.63, 3.8) is 0 Å². The number of anilines is 1. The molecule has 12 heteroatoms. The molecule has 0 aliphatic rings. The Balaban J connectivity index is 1.27. The van der Waals surface area contributed by atoms with Crippen molar-refractivity contribution in [3.8, 4) is 11.4 Å². The van der Waals surface area contributed by atoms with E-state index in [0.717, 1.165) is 12.1 Å². The van der Waals surface area contributed by atoms with E-state index in [4.69, 9.17) is 10.5 Å². The summed E-state index contributed by atoms with van der Waals surface area (Å²) in [4.78, 5) is 24.7. The number of aryl methyl sites for hydroxylation is 1. The normalized spacial score (nSPS) is 11.6. The van der Waals surface area contributed by atoms with Gasteiger partial charge in [0.2, 0.25) is 0 Å². The number of benzene rings is 2. The summed E-state index contributed by atoms with van der Waals surface area (Å²) < 4.78 is 59.4. The number of nitrogens with zero attached hydrogens (tertiary/aromatic N) is 4. The number of amides is 1. The molecule has 1 amide bonds. The first-order valence-electron chi connectivity index (χ1n) is 11.0. The predicted octanol–water partition coefficient (Wildman–Crippen LogP) is 4.94. The predicted molar refractivity (Wildman–Crippen MR) is 124 cm³/mol. The lowest BCUT2D eigenvalue weighted by Gasteiger charge is -2.10. The largest absolute Gasteiger partial charge is 0.450 e. The van der Waals surface area contributed by atoms with Crippen molar-refractivity contribution in [1.29, 1.82) is 0 Å². The zero-order valence-electron chi connectivity index (χ0n) is 18.9. The molecule has 2 heterocycles. The van der Waals surface area contributed by atoms with Crippen LogP contribution < -0.4 is 11.1 Å². The standard InChI is InChI=1S/C24H22F4N6O2/c25-18-9-2-1-8-17(18)21-32-20(29)19-22(33-21)34(14-31-19)10-3-4-11-36-23(35)30-13-15-6-5-7-16(12-15)24(26,27)28/h1-2,5-9,12,14H,3-4,10-11,13H2,(H,30,35)(H2,29,32,33). The van der Waals surface area contributed by atoms with E-state index in [-0.39, 0.29) is 30.4 Å². The Kier molecular flexibility index (Phi) is 7.32. The van der Waals surface area contributed by atoms with Crippen molar-refractivity contribution >= 4 is 23.1 Å². The lowest BCUT2D eigenvalue weighted by Crippen LogP contribution is -2.24. The number of nitrogens with two attached hydrogens (primary N) is 1. The van der Waals surface area contributed by atoms with E-state index in [1.54, 1.807) is 29.1 Å². The van der Waals surface area contributed by atoms with Crippen molar-refractivity contribution in [2.24, 2.45) is 0 Å². The number of hydrogen-bond donors (Lipinski definition) is 2. The van der Waals surface area contributed by atoms with Crippen LogP contribution in [0.15, 0.2) is 54.9 Å². The molecule has 2 aromatic heterocycles. The molecule has 0 spiro atoms. The van der Waals surface area contributed by atoms with E-state index < -0.39 is 23.7 Å². The van der Waals surface area contributed by atoms with E-state index >= 15 is 0 Å². The minimum Gasteiger partial charge on any atom is -0.450 e.